The van der Waals surface area contributed by atoms with Crippen molar-refractivity contribution in [3.05, 3.63) is 10.4 Å². The van der Waals surface area contributed by atoms with E-state index in [0.29, 0.717) is 17.0 Å². The fourth-order valence-corrected chi connectivity index (χ4v) is 2.33. The molecule has 1 aromatic rings. The van der Waals surface area contributed by atoms with Gasteiger partial charge in [0.15, 0.2) is 11.0 Å². The number of hydrogen-bond acceptors (Lipinski definition) is 4. The predicted octanol–water partition coefficient (Wildman–Crippen LogP) is 2.78. The van der Waals surface area contributed by atoms with E-state index in [2.05, 4.69) is 20.5 Å². The number of rotatable bonds is 4. The van der Waals surface area contributed by atoms with E-state index in [0.717, 1.165) is 11.8 Å². The topological polar surface area (TPSA) is 50.7 Å². The van der Waals surface area contributed by atoms with Crippen molar-refractivity contribution >= 4 is 29.0 Å². The molecule has 4 nitrogen and oxygen atoms in total. The van der Waals surface area contributed by atoms with Crippen LogP contribution in [0.25, 0.3) is 0 Å². The van der Waals surface area contributed by atoms with Crippen LogP contribution in [0.5, 0.6) is 0 Å². The molecular weight excluding hydrogens is 247 g/mol. The highest BCUT2D eigenvalue weighted by molar-refractivity contribution is 6.32. The van der Waals surface area contributed by atoms with Gasteiger partial charge in [-0.15, -0.1) is 10.2 Å². The minimum absolute atomic E-state index is 0.136. The highest BCUT2D eigenvalue weighted by Gasteiger charge is 2.41. The number of anilines is 1. The third kappa shape index (κ3) is 2.23. The second-order valence-corrected chi connectivity index (χ2v) is 5.26. The molecule has 1 N–H and O–H groups in total. The first-order valence-electron chi connectivity index (χ1n) is 5.56. The summed E-state index contributed by atoms with van der Waals surface area (Å²) in [5, 5.41) is 11.2. The molecule has 2 aliphatic rings. The quantitative estimate of drug-likeness (QED) is 0.903. The average Bonchev–Trinajstić information content (AvgIpc) is 3.13. The van der Waals surface area contributed by atoms with Crippen molar-refractivity contribution in [2.75, 3.05) is 5.32 Å². The van der Waals surface area contributed by atoms with Gasteiger partial charge in [0.1, 0.15) is 0 Å². The molecule has 1 heterocycles. The van der Waals surface area contributed by atoms with Crippen molar-refractivity contribution in [2.45, 2.75) is 31.7 Å². The van der Waals surface area contributed by atoms with Crippen molar-refractivity contribution in [1.29, 1.82) is 0 Å². The highest BCUT2D eigenvalue weighted by Crippen LogP contribution is 2.46. The Labute approximate surface area is 104 Å². The minimum atomic E-state index is 0.136. The van der Waals surface area contributed by atoms with E-state index in [1.165, 1.54) is 25.7 Å². The van der Waals surface area contributed by atoms with E-state index in [4.69, 9.17) is 23.2 Å². The van der Waals surface area contributed by atoms with Gasteiger partial charge in [0, 0.05) is 6.04 Å². The molecule has 3 rings (SSSR count). The fraction of sp³-hybridized carbons (Fsp3) is 0.700. The third-order valence-corrected chi connectivity index (χ3v) is 3.60. The first kappa shape index (κ1) is 10.5. The molecule has 0 bridgehead atoms. The molecule has 1 aromatic heterocycles. The summed E-state index contributed by atoms with van der Waals surface area (Å²) < 4.78 is 0. The van der Waals surface area contributed by atoms with E-state index < -0.39 is 0 Å². The van der Waals surface area contributed by atoms with Crippen LogP contribution < -0.4 is 5.32 Å². The van der Waals surface area contributed by atoms with Gasteiger partial charge in [-0.05, 0) is 49.1 Å². The monoisotopic (exact) mass is 258 g/mol. The lowest BCUT2D eigenvalue weighted by Crippen LogP contribution is -2.25. The van der Waals surface area contributed by atoms with Crippen LogP contribution in [0.2, 0.25) is 10.4 Å². The Morgan fingerprint density at radius 2 is 1.69 bits per heavy atom. The Bertz CT molecular complexity index is 392. The molecule has 0 amide bonds. The molecule has 0 spiro atoms. The molecule has 86 valence electrons. The minimum Gasteiger partial charge on any atom is -0.364 e. The van der Waals surface area contributed by atoms with Gasteiger partial charge in [0.25, 0.3) is 0 Å². The largest absolute Gasteiger partial charge is 0.364 e. The summed E-state index contributed by atoms with van der Waals surface area (Å²) in [6, 6.07) is 0.491. The van der Waals surface area contributed by atoms with Crippen molar-refractivity contribution < 1.29 is 0 Å². The van der Waals surface area contributed by atoms with Crippen LogP contribution in [0.3, 0.4) is 0 Å². The first-order valence-corrected chi connectivity index (χ1v) is 6.32. The molecule has 2 fully saturated rings. The molecule has 0 radical (unpaired) electrons. The summed E-state index contributed by atoms with van der Waals surface area (Å²) in [7, 11) is 0. The lowest BCUT2D eigenvalue weighted by atomic mass is 10.1. The number of nitrogens with one attached hydrogen (secondary N) is 1. The summed E-state index contributed by atoms with van der Waals surface area (Å²) in [6.45, 7) is 0. The Morgan fingerprint density at radius 1 is 1.06 bits per heavy atom. The fourth-order valence-electron chi connectivity index (χ4n) is 2.07. The molecule has 2 aliphatic carbocycles. The van der Waals surface area contributed by atoms with Gasteiger partial charge in [-0.25, -0.2) is 0 Å². The van der Waals surface area contributed by atoms with Crippen LogP contribution in [0.4, 0.5) is 5.82 Å². The standard InChI is InChI=1S/C10H12Cl2N4/c11-8-9(14-10(12)16-15-8)13-7(5-1-2-5)6-3-4-6/h5-7H,1-4H2,(H,13,14,16). The smallest absolute Gasteiger partial charge is 0.245 e. The first-order chi connectivity index (χ1) is 7.74. The van der Waals surface area contributed by atoms with Crippen molar-refractivity contribution in [3.8, 4) is 0 Å². The van der Waals surface area contributed by atoms with Crippen LogP contribution >= 0.6 is 23.2 Å². The lowest BCUT2D eigenvalue weighted by molar-refractivity contribution is 0.565. The van der Waals surface area contributed by atoms with E-state index in [1.807, 2.05) is 0 Å². The van der Waals surface area contributed by atoms with Crippen LogP contribution in [0.15, 0.2) is 0 Å². The maximum atomic E-state index is 5.93. The normalized spacial score (nSPS) is 20.2. The van der Waals surface area contributed by atoms with Crippen LogP contribution in [0.1, 0.15) is 25.7 Å². The second kappa shape index (κ2) is 4.00. The Morgan fingerprint density at radius 3 is 2.25 bits per heavy atom. The summed E-state index contributed by atoms with van der Waals surface area (Å²) in [5.74, 6) is 2.13. The zero-order chi connectivity index (χ0) is 11.1. The van der Waals surface area contributed by atoms with E-state index in [9.17, 15) is 0 Å². The Hall–Kier alpha value is -0.610. The highest BCUT2D eigenvalue weighted by atomic mass is 35.5. The van der Waals surface area contributed by atoms with Crippen molar-refractivity contribution in [1.82, 2.24) is 15.2 Å². The van der Waals surface area contributed by atoms with Gasteiger partial charge in [-0.1, -0.05) is 11.6 Å². The van der Waals surface area contributed by atoms with Gasteiger partial charge in [0.2, 0.25) is 5.28 Å². The average molecular weight is 259 g/mol. The van der Waals surface area contributed by atoms with Crippen molar-refractivity contribution in [3.63, 3.8) is 0 Å². The zero-order valence-electron chi connectivity index (χ0n) is 8.66. The molecule has 0 unspecified atom stereocenters. The molecule has 16 heavy (non-hydrogen) atoms. The maximum Gasteiger partial charge on any atom is 0.245 e. The number of nitrogens with zero attached hydrogens (tertiary/aromatic N) is 3. The summed E-state index contributed by atoms with van der Waals surface area (Å²) in [5.41, 5.74) is 0. The van der Waals surface area contributed by atoms with Crippen molar-refractivity contribution in [2.24, 2.45) is 11.8 Å². The SMILES string of the molecule is Clc1nnc(Cl)c(NC(C2CC2)C2CC2)n1. The zero-order valence-corrected chi connectivity index (χ0v) is 10.2. The Balaban J connectivity index is 1.78. The number of halogens is 2. The van der Waals surface area contributed by atoms with Crippen LogP contribution in [0, 0.1) is 11.8 Å². The molecular formula is C10H12Cl2N4. The molecule has 0 saturated heterocycles. The molecule has 2 saturated carbocycles. The molecule has 0 aliphatic heterocycles. The van der Waals surface area contributed by atoms with Gasteiger partial charge in [-0.2, -0.15) is 4.98 Å². The maximum absolute atomic E-state index is 5.93. The van der Waals surface area contributed by atoms with Gasteiger partial charge < -0.3 is 5.32 Å². The lowest BCUT2D eigenvalue weighted by Gasteiger charge is -2.18. The Kier molecular flexibility index (Phi) is 2.64. The summed E-state index contributed by atoms with van der Waals surface area (Å²) in [6.07, 6.45) is 5.21. The van der Waals surface area contributed by atoms with E-state index in [-0.39, 0.29) is 5.28 Å². The molecule has 6 heteroatoms. The van der Waals surface area contributed by atoms with Gasteiger partial charge in [-0.3, -0.25) is 0 Å². The van der Waals surface area contributed by atoms with Crippen LogP contribution in [-0.4, -0.2) is 21.2 Å². The van der Waals surface area contributed by atoms with E-state index in [1.54, 1.807) is 0 Å². The van der Waals surface area contributed by atoms with E-state index >= 15 is 0 Å². The van der Waals surface area contributed by atoms with Gasteiger partial charge >= 0.3 is 0 Å². The van der Waals surface area contributed by atoms with Crippen LogP contribution in [-0.2, 0) is 0 Å². The summed E-state index contributed by atoms with van der Waals surface area (Å²) in [4.78, 5) is 4.08. The predicted molar refractivity (Wildman–Crippen MR) is 62.7 cm³/mol. The summed E-state index contributed by atoms with van der Waals surface area (Å²) >= 11 is 11.6. The number of hydrogen-bond donors (Lipinski definition) is 1. The van der Waals surface area contributed by atoms with Gasteiger partial charge in [0.05, 0.1) is 0 Å². The number of aromatic nitrogens is 3. The third-order valence-electron chi connectivity index (χ3n) is 3.18. The second-order valence-electron chi connectivity index (χ2n) is 4.57. The molecule has 0 atom stereocenters. The molecule has 0 aromatic carbocycles.